The summed E-state index contributed by atoms with van der Waals surface area (Å²) in [6, 6.07) is 7.11. The predicted molar refractivity (Wildman–Crippen MR) is 66.1 cm³/mol. The Labute approximate surface area is 102 Å². The predicted octanol–water partition coefficient (Wildman–Crippen LogP) is 2.47. The Morgan fingerprint density at radius 3 is 2.94 bits per heavy atom. The molecule has 2 rings (SSSR count). The van der Waals surface area contributed by atoms with Crippen LogP contribution in [0.4, 0.5) is 4.39 Å². The Balaban J connectivity index is 1.97. The molecule has 1 aliphatic carbocycles. The molecule has 0 heterocycles. The summed E-state index contributed by atoms with van der Waals surface area (Å²) in [5.41, 5.74) is 0.644. The van der Waals surface area contributed by atoms with Crippen molar-refractivity contribution in [3.05, 3.63) is 35.6 Å². The van der Waals surface area contributed by atoms with Crippen molar-refractivity contribution in [3.8, 4) is 0 Å². The molecule has 2 N–H and O–H groups in total. The van der Waals surface area contributed by atoms with Crippen LogP contribution in [0.15, 0.2) is 24.3 Å². The van der Waals surface area contributed by atoms with Gasteiger partial charge in [0.15, 0.2) is 0 Å². The van der Waals surface area contributed by atoms with E-state index in [9.17, 15) is 9.50 Å². The number of halogens is 1. The zero-order chi connectivity index (χ0) is 12.3. The molecule has 17 heavy (non-hydrogen) atoms. The molecular weight excluding hydrogens is 217 g/mol. The second-order valence-electron chi connectivity index (χ2n) is 5.23. The Kier molecular flexibility index (Phi) is 3.79. The van der Waals surface area contributed by atoms with E-state index in [-0.39, 0.29) is 23.9 Å². The van der Waals surface area contributed by atoms with E-state index < -0.39 is 0 Å². The summed E-state index contributed by atoms with van der Waals surface area (Å²) in [5, 5.41) is 12.8. The topological polar surface area (TPSA) is 32.3 Å². The maximum atomic E-state index is 13.4. The smallest absolute Gasteiger partial charge is 0.127 e. The van der Waals surface area contributed by atoms with Gasteiger partial charge in [-0.2, -0.15) is 0 Å². The van der Waals surface area contributed by atoms with Crippen molar-refractivity contribution in [2.75, 3.05) is 6.61 Å². The molecule has 0 radical (unpaired) electrons. The van der Waals surface area contributed by atoms with Gasteiger partial charge in [0, 0.05) is 30.2 Å². The standard InChI is InChI=1S/C14H20FNO/c1-14(10-17)8-4-7-13(14)16-9-11-5-2-3-6-12(11)15/h2-3,5-6,13,16-17H,4,7-10H2,1H3. The maximum absolute atomic E-state index is 13.4. The van der Waals surface area contributed by atoms with Crippen LogP contribution in [0.5, 0.6) is 0 Å². The molecule has 1 aromatic rings. The van der Waals surface area contributed by atoms with Crippen LogP contribution in [0.3, 0.4) is 0 Å². The molecular formula is C14H20FNO. The third-order valence-corrected chi connectivity index (χ3v) is 3.94. The molecule has 3 heteroatoms. The monoisotopic (exact) mass is 237 g/mol. The largest absolute Gasteiger partial charge is 0.396 e. The van der Waals surface area contributed by atoms with Gasteiger partial charge < -0.3 is 10.4 Å². The van der Waals surface area contributed by atoms with Gasteiger partial charge in [0.1, 0.15) is 5.82 Å². The van der Waals surface area contributed by atoms with Crippen molar-refractivity contribution in [2.45, 2.75) is 38.8 Å². The Hall–Kier alpha value is -0.930. The molecule has 0 amide bonds. The second kappa shape index (κ2) is 5.15. The average Bonchev–Trinajstić information content (AvgIpc) is 2.71. The first-order valence-electron chi connectivity index (χ1n) is 6.23. The molecule has 0 aliphatic heterocycles. The van der Waals surface area contributed by atoms with Crippen molar-refractivity contribution in [2.24, 2.45) is 5.41 Å². The quantitative estimate of drug-likeness (QED) is 0.843. The molecule has 1 aromatic carbocycles. The van der Waals surface area contributed by atoms with E-state index in [0.717, 1.165) is 19.3 Å². The van der Waals surface area contributed by atoms with Crippen LogP contribution >= 0.6 is 0 Å². The Bertz CT molecular complexity index is 382. The molecule has 0 saturated heterocycles. The van der Waals surface area contributed by atoms with Gasteiger partial charge in [-0.05, 0) is 18.9 Å². The number of benzene rings is 1. The molecule has 94 valence electrons. The number of hydrogen-bond acceptors (Lipinski definition) is 2. The van der Waals surface area contributed by atoms with Crippen molar-refractivity contribution < 1.29 is 9.50 Å². The lowest BCUT2D eigenvalue weighted by atomic mass is 9.86. The normalized spacial score (nSPS) is 28.5. The zero-order valence-corrected chi connectivity index (χ0v) is 10.2. The van der Waals surface area contributed by atoms with Crippen LogP contribution in [0.1, 0.15) is 31.7 Å². The fourth-order valence-corrected chi connectivity index (χ4v) is 2.65. The van der Waals surface area contributed by atoms with Gasteiger partial charge in [0.25, 0.3) is 0 Å². The molecule has 1 aliphatic rings. The highest BCUT2D eigenvalue weighted by Crippen LogP contribution is 2.37. The van der Waals surface area contributed by atoms with E-state index in [1.54, 1.807) is 12.1 Å². The Morgan fingerprint density at radius 1 is 1.47 bits per heavy atom. The number of rotatable bonds is 4. The van der Waals surface area contributed by atoms with E-state index in [1.165, 1.54) is 6.07 Å². The van der Waals surface area contributed by atoms with E-state index >= 15 is 0 Å². The van der Waals surface area contributed by atoms with Gasteiger partial charge in [-0.15, -0.1) is 0 Å². The summed E-state index contributed by atoms with van der Waals surface area (Å²) in [4.78, 5) is 0. The van der Waals surface area contributed by atoms with Gasteiger partial charge in [-0.3, -0.25) is 0 Å². The zero-order valence-electron chi connectivity index (χ0n) is 10.2. The van der Waals surface area contributed by atoms with Gasteiger partial charge in [-0.25, -0.2) is 4.39 Å². The highest BCUT2D eigenvalue weighted by molar-refractivity contribution is 5.17. The minimum absolute atomic E-state index is 0.0503. The summed E-state index contributed by atoms with van der Waals surface area (Å²) in [7, 11) is 0. The van der Waals surface area contributed by atoms with E-state index in [2.05, 4.69) is 12.2 Å². The van der Waals surface area contributed by atoms with Gasteiger partial charge in [0.05, 0.1) is 0 Å². The van der Waals surface area contributed by atoms with Crippen molar-refractivity contribution in [3.63, 3.8) is 0 Å². The number of nitrogens with one attached hydrogen (secondary N) is 1. The van der Waals surface area contributed by atoms with Crippen LogP contribution in [0, 0.1) is 11.2 Å². The van der Waals surface area contributed by atoms with E-state index in [0.29, 0.717) is 12.1 Å². The molecule has 1 fully saturated rings. The summed E-state index contributed by atoms with van der Waals surface area (Å²) in [6.45, 7) is 2.83. The van der Waals surface area contributed by atoms with Crippen LogP contribution in [0.2, 0.25) is 0 Å². The highest BCUT2D eigenvalue weighted by atomic mass is 19.1. The minimum atomic E-state index is -0.163. The average molecular weight is 237 g/mol. The molecule has 2 unspecified atom stereocenters. The summed E-state index contributed by atoms with van der Waals surface area (Å²) >= 11 is 0. The van der Waals surface area contributed by atoms with E-state index in [1.807, 2.05) is 6.07 Å². The lowest BCUT2D eigenvalue weighted by Crippen LogP contribution is -2.41. The van der Waals surface area contributed by atoms with Gasteiger partial charge in [-0.1, -0.05) is 31.5 Å². The SMILES string of the molecule is CC1(CO)CCCC1NCc1ccccc1F. The second-order valence-corrected chi connectivity index (χ2v) is 5.23. The summed E-state index contributed by atoms with van der Waals surface area (Å²) in [5.74, 6) is -0.163. The van der Waals surface area contributed by atoms with Gasteiger partial charge >= 0.3 is 0 Å². The lowest BCUT2D eigenvalue weighted by molar-refractivity contribution is 0.118. The first kappa shape index (κ1) is 12.5. The first-order valence-corrected chi connectivity index (χ1v) is 6.23. The van der Waals surface area contributed by atoms with Crippen molar-refractivity contribution in [1.82, 2.24) is 5.32 Å². The van der Waals surface area contributed by atoms with Gasteiger partial charge in [0.2, 0.25) is 0 Å². The highest BCUT2D eigenvalue weighted by Gasteiger charge is 2.37. The van der Waals surface area contributed by atoms with Crippen LogP contribution in [-0.4, -0.2) is 17.8 Å². The molecule has 1 saturated carbocycles. The summed E-state index contributed by atoms with van der Waals surface area (Å²) < 4.78 is 13.4. The number of aliphatic hydroxyl groups is 1. The van der Waals surface area contributed by atoms with Crippen LogP contribution < -0.4 is 5.32 Å². The number of aliphatic hydroxyl groups excluding tert-OH is 1. The molecule has 0 aromatic heterocycles. The molecule has 2 nitrogen and oxygen atoms in total. The van der Waals surface area contributed by atoms with Crippen LogP contribution in [-0.2, 0) is 6.54 Å². The minimum Gasteiger partial charge on any atom is -0.396 e. The summed E-state index contributed by atoms with van der Waals surface area (Å²) in [6.07, 6.45) is 3.23. The maximum Gasteiger partial charge on any atom is 0.127 e. The van der Waals surface area contributed by atoms with Crippen molar-refractivity contribution in [1.29, 1.82) is 0 Å². The van der Waals surface area contributed by atoms with Crippen LogP contribution in [0.25, 0.3) is 0 Å². The Morgan fingerprint density at radius 2 is 2.24 bits per heavy atom. The number of hydrogen-bond donors (Lipinski definition) is 2. The fourth-order valence-electron chi connectivity index (χ4n) is 2.65. The third kappa shape index (κ3) is 2.67. The molecule has 2 atom stereocenters. The van der Waals surface area contributed by atoms with E-state index in [4.69, 9.17) is 0 Å². The van der Waals surface area contributed by atoms with Crippen molar-refractivity contribution >= 4 is 0 Å². The molecule has 0 bridgehead atoms. The lowest BCUT2D eigenvalue weighted by Gasteiger charge is -2.30. The molecule has 0 spiro atoms. The first-order chi connectivity index (χ1) is 8.15. The third-order valence-electron chi connectivity index (χ3n) is 3.94. The fraction of sp³-hybridized carbons (Fsp3) is 0.571.